The van der Waals surface area contributed by atoms with Crippen LogP contribution in [0.25, 0.3) is 0 Å². The SMILES string of the molecule is CO[Si](S)(c1c(C)cc(C)cc1C)c1c(C([Si](C)(C)C)[Si](C)(C)C)cc(C([Si](C)(C)C)[Si](C)(C)C)cc1C([Si](C)(C)C)[Si](C)(C)C. The third-order valence-electron chi connectivity index (χ3n) is 10.0. The molecule has 262 valence electrons. The third kappa shape index (κ3) is 9.13. The predicted octanol–water partition coefficient (Wildman–Crippen LogP) is 11.3. The standard InChI is InChI=1S/C37H74OSSi7/c1-27-23-28(2)33(29(3)24-27)46(39,38-4)34-31(36(42(11,12)13)43(14,15)16)25-30(35(40(5,6)7)41(8,9)10)26-32(34)37(44(17,18)19)45(20,21)22/h23-26,35-37,39H,1-22H3. The van der Waals surface area contributed by atoms with Gasteiger partial charge in [0.25, 0.3) is 0 Å². The summed E-state index contributed by atoms with van der Waals surface area (Å²) in [6.07, 6.45) is 0. The second-order valence-corrected chi connectivity index (χ2v) is 59.4. The number of aryl methyl sites for hydroxylation is 3. The van der Waals surface area contributed by atoms with E-state index in [0.717, 1.165) is 0 Å². The summed E-state index contributed by atoms with van der Waals surface area (Å²) in [5.74, 6) is 0. The Kier molecular flexibility index (Phi) is 12.7. The molecule has 0 aliphatic rings. The zero-order valence-electron chi connectivity index (χ0n) is 34.4. The van der Waals surface area contributed by atoms with Gasteiger partial charge in [-0.1, -0.05) is 148 Å². The van der Waals surface area contributed by atoms with Crippen molar-refractivity contribution < 1.29 is 4.43 Å². The molecule has 1 unspecified atom stereocenters. The zero-order chi connectivity index (χ0) is 36.4. The molecule has 0 fully saturated rings. The van der Waals surface area contributed by atoms with Crippen LogP contribution in [-0.2, 0) is 4.43 Å². The average Bonchev–Trinajstić information content (AvgIpc) is 2.71. The molecule has 0 spiro atoms. The highest BCUT2D eigenvalue weighted by Gasteiger charge is 2.51. The molecule has 0 aliphatic heterocycles. The molecular formula is C37H74OSSi7. The molecule has 0 radical (unpaired) electrons. The largest absolute Gasteiger partial charge is 0.404 e. The minimum absolute atomic E-state index is 0.613. The van der Waals surface area contributed by atoms with Crippen LogP contribution in [-0.4, -0.2) is 63.0 Å². The van der Waals surface area contributed by atoms with E-state index in [1.165, 1.54) is 21.9 Å². The highest BCUT2D eigenvalue weighted by atomic mass is 32.3. The molecule has 0 aliphatic carbocycles. The van der Waals surface area contributed by atoms with Gasteiger partial charge in [-0.05, 0) is 74.5 Å². The van der Waals surface area contributed by atoms with Crippen molar-refractivity contribution in [3.8, 4) is 0 Å². The summed E-state index contributed by atoms with van der Waals surface area (Å²) in [6.45, 7) is 54.4. The van der Waals surface area contributed by atoms with E-state index in [1.807, 2.05) is 7.11 Å². The van der Waals surface area contributed by atoms with Crippen molar-refractivity contribution in [2.45, 2.75) is 154 Å². The van der Waals surface area contributed by atoms with Crippen LogP contribution in [0.1, 0.15) is 48.9 Å². The highest BCUT2D eigenvalue weighted by molar-refractivity contribution is 8.17. The number of hydrogen-bond donors (Lipinski definition) is 1. The van der Waals surface area contributed by atoms with Gasteiger partial charge in [-0.25, -0.2) is 0 Å². The fraction of sp³-hybridized carbons (Fsp3) is 0.676. The monoisotopic (exact) mass is 762 g/mol. The molecular weight excluding hydrogens is 689 g/mol. The highest BCUT2D eigenvalue weighted by Crippen LogP contribution is 2.45. The fourth-order valence-corrected chi connectivity index (χ4v) is 54.2. The van der Waals surface area contributed by atoms with Crippen LogP contribution in [0.5, 0.6) is 0 Å². The lowest BCUT2D eigenvalue weighted by atomic mass is 10.1. The van der Waals surface area contributed by atoms with Crippen molar-refractivity contribution in [3.63, 3.8) is 0 Å². The number of hydrogen-bond acceptors (Lipinski definition) is 2. The maximum atomic E-state index is 7.06. The predicted molar refractivity (Wildman–Crippen MR) is 236 cm³/mol. The van der Waals surface area contributed by atoms with E-state index in [2.05, 4.69) is 163 Å². The lowest BCUT2D eigenvalue weighted by Gasteiger charge is -2.47. The van der Waals surface area contributed by atoms with Gasteiger partial charge in [-0.3, -0.25) is 0 Å². The van der Waals surface area contributed by atoms with Gasteiger partial charge in [0.15, 0.2) is 0 Å². The molecule has 46 heavy (non-hydrogen) atoms. The quantitative estimate of drug-likeness (QED) is 0.167. The van der Waals surface area contributed by atoms with E-state index < -0.39 is 55.9 Å². The molecule has 0 N–H and O–H groups in total. The molecule has 0 saturated heterocycles. The van der Waals surface area contributed by atoms with Crippen LogP contribution in [0, 0.1) is 20.8 Å². The second-order valence-electron chi connectivity index (χ2n) is 21.2. The van der Waals surface area contributed by atoms with Crippen LogP contribution in [0.3, 0.4) is 0 Å². The van der Waals surface area contributed by atoms with E-state index in [4.69, 9.17) is 16.5 Å². The van der Waals surface area contributed by atoms with E-state index in [9.17, 15) is 0 Å². The Morgan fingerprint density at radius 3 is 0.978 bits per heavy atom. The second kappa shape index (κ2) is 13.8. The van der Waals surface area contributed by atoms with E-state index in [-0.39, 0.29) is 0 Å². The van der Waals surface area contributed by atoms with Gasteiger partial charge in [0.2, 0.25) is 0 Å². The fourth-order valence-electron chi connectivity index (χ4n) is 10.5. The Morgan fingerprint density at radius 2 is 0.739 bits per heavy atom. The van der Waals surface area contributed by atoms with Gasteiger partial charge in [0.1, 0.15) is 0 Å². The van der Waals surface area contributed by atoms with Crippen molar-refractivity contribution in [3.05, 3.63) is 57.6 Å². The number of thiol groups is 1. The van der Waals surface area contributed by atoms with E-state index in [0.29, 0.717) is 15.5 Å². The van der Waals surface area contributed by atoms with E-state index in [1.54, 1.807) is 21.9 Å². The van der Waals surface area contributed by atoms with Crippen LogP contribution < -0.4 is 10.4 Å². The molecule has 0 bridgehead atoms. The minimum Gasteiger partial charge on any atom is -0.404 e. The lowest BCUT2D eigenvalue weighted by Crippen LogP contribution is -2.64. The summed E-state index contributed by atoms with van der Waals surface area (Å²) in [5.41, 5.74) is 9.02. The third-order valence-corrected chi connectivity index (χ3v) is 43.1. The first-order valence-corrected chi connectivity index (χ1v) is 42.4. The van der Waals surface area contributed by atoms with Gasteiger partial charge in [0, 0.05) is 55.6 Å². The molecule has 0 amide bonds. The van der Waals surface area contributed by atoms with Crippen LogP contribution in [0.2, 0.25) is 118 Å². The van der Waals surface area contributed by atoms with Crippen molar-refractivity contribution in [2.24, 2.45) is 0 Å². The Labute approximate surface area is 299 Å². The van der Waals surface area contributed by atoms with Crippen LogP contribution in [0.4, 0.5) is 0 Å². The summed E-state index contributed by atoms with van der Waals surface area (Å²) in [6, 6.07) is 10.4. The number of benzene rings is 2. The number of rotatable bonds is 12. The first-order chi connectivity index (χ1) is 20.2. The van der Waals surface area contributed by atoms with Gasteiger partial charge in [0.05, 0.1) is 0 Å². The maximum Gasteiger partial charge on any atom is 0.317 e. The normalized spacial score (nSPS) is 15.7. The molecule has 2 aromatic rings. The van der Waals surface area contributed by atoms with E-state index >= 15 is 0 Å². The summed E-state index contributed by atoms with van der Waals surface area (Å²) in [4.78, 5) is 0. The zero-order valence-corrected chi connectivity index (χ0v) is 42.3. The summed E-state index contributed by atoms with van der Waals surface area (Å²) in [7, 11) is -10.8. The maximum absolute atomic E-state index is 7.06. The van der Waals surface area contributed by atoms with Crippen molar-refractivity contribution >= 4 is 78.4 Å². The van der Waals surface area contributed by atoms with Gasteiger partial charge < -0.3 is 4.43 Å². The Morgan fingerprint density at radius 1 is 0.457 bits per heavy atom. The Bertz CT molecular complexity index is 1280. The molecule has 9 heteroatoms. The molecule has 0 saturated carbocycles. The molecule has 1 nitrogen and oxygen atoms in total. The van der Waals surface area contributed by atoms with Gasteiger partial charge >= 0.3 is 7.47 Å². The van der Waals surface area contributed by atoms with Crippen molar-refractivity contribution in [1.29, 1.82) is 0 Å². The van der Waals surface area contributed by atoms with Gasteiger partial charge in [-0.2, -0.15) is 12.1 Å². The Balaban J connectivity index is 3.59. The van der Waals surface area contributed by atoms with Crippen molar-refractivity contribution in [1.82, 2.24) is 0 Å². The molecule has 2 rings (SSSR count). The Hall–Kier alpha value is 0.268. The molecule has 1 atom stereocenters. The van der Waals surface area contributed by atoms with Crippen molar-refractivity contribution in [2.75, 3.05) is 7.11 Å². The smallest absolute Gasteiger partial charge is 0.317 e. The topological polar surface area (TPSA) is 9.23 Å². The van der Waals surface area contributed by atoms with Crippen LogP contribution >= 0.6 is 12.1 Å². The summed E-state index contributed by atoms with van der Waals surface area (Å²) >= 11 is 5.98. The van der Waals surface area contributed by atoms with Crippen LogP contribution in [0.15, 0.2) is 24.3 Å². The van der Waals surface area contributed by atoms with Gasteiger partial charge in [-0.15, -0.1) is 0 Å². The molecule has 0 heterocycles. The minimum atomic E-state index is -2.96. The summed E-state index contributed by atoms with van der Waals surface area (Å²) in [5, 5.41) is 4.87. The lowest BCUT2D eigenvalue weighted by molar-refractivity contribution is 0.433. The average molecular weight is 764 g/mol. The molecule has 0 aromatic heterocycles. The molecule has 2 aromatic carbocycles. The first kappa shape index (κ1) is 42.4. The first-order valence-electron chi connectivity index (χ1n) is 17.7. The summed E-state index contributed by atoms with van der Waals surface area (Å²) < 4.78 is 7.06.